The summed E-state index contributed by atoms with van der Waals surface area (Å²) in [5, 5.41) is 6.92. The summed E-state index contributed by atoms with van der Waals surface area (Å²) in [7, 11) is 0. The van der Waals surface area contributed by atoms with Crippen molar-refractivity contribution < 1.29 is 0 Å². The van der Waals surface area contributed by atoms with E-state index in [1.165, 1.54) is 11.3 Å². The van der Waals surface area contributed by atoms with Gasteiger partial charge >= 0.3 is 0 Å². The van der Waals surface area contributed by atoms with E-state index in [1.54, 1.807) is 0 Å². The SMILES string of the molecule is Cc1cccc(N2CC(c3ccccn3)=NN(c3ccccc3Br)C2)c1. The van der Waals surface area contributed by atoms with Crippen LogP contribution in [0.1, 0.15) is 11.3 Å². The number of hydrazone groups is 1. The average Bonchev–Trinajstić information content (AvgIpc) is 2.69. The molecule has 0 amide bonds. The highest BCUT2D eigenvalue weighted by Gasteiger charge is 2.23. The van der Waals surface area contributed by atoms with Crippen molar-refractivity contribution in [3.63, 3.8) is 0 Å². The number of anilines is 2. The lowest BCUT2D eigenvalue weighted by Gasteiger charge is -2.36. The van der Waals surface area contributed by atoms with E-state index in [4.69, 9.17) is 5.10 Å². The van der Waals surface area contributed by atoms with E-state index in [0.29, 0.717) is 6.67 Å². The Bertz CT molecular complexity index is 940. The number of aromatic nitrogens is 1. The van der Waals surface area contributed by atoms with Crippen LogP contribution in [0.5, 0.6) is 0 Å². The van der Waals surface area contributed by atoms with Gasteiger partial charge in [-0.1, -0.05) is 30.3 Å². The molecule has 26 heavy (non-hydrogen) atoms. The molecule has 5 heteroatoms. The minimum absolute atomic E-state index is 0.683. The Hall–Kier alpha value is -2.66. The maximum atomic E-state index is 4.90. The van der Waals surface area contributed by atoms with E-state index in [0.717, 1.165) is 28.1 Å². The number of nitrogens with zero attached hydrogens (tertiary/aromatic N) is 4. The number of pyridine rings is 1. The number of halogens is 1. The van der Waals surface area contributed by atoms with Gasteiger partial charge in [-0.05, 0) is 64.8 Å². The Labute approximate surface area is 161 Å². The van der Waals surface area contributed by atoms with Crippen molar-refractivity contribution in [2.24, 2.45) is 5.10 Å². The normalized spacial score (nSPS) is 14.3. The van der Waals surface area contributed by atoms with Gasteiger partial charge in [-0.25, -0.2) is 5.01 Å². The molecule has 0 saturated carbocycles. The molecular weight excluding hydrogens is 388 g/mol. The third-order valence-corrected chi connectivity index (χ3v) is 5.02. The van der Waals surface area contributed by atoms with Crippen LogP contribution in [0.4, 0.5) is 11.4 Å². The van der Waals surface area contributed by atoms with Crippen LogP contribution < -0.4 is 9.91 Å². The van der Waals surface area contributed by atoms with Crippen molar-refractivity contribution in [1.29, 1.82) is 0 Å². The molecule has 1 aliphatic rings. The van der Waals surface area contributed by atoms with E-state index in [2.05, 4.69) is 63.1 Å². The van der Waals surface area contributed by atoms with Crippen molar-refractivity contribution in [2.75, 3.05) is 23.1 Å². The molecule has 0 fully saturated rings. The summed E-state index contributed by atoms with van der Waals surface area (Å²) in [6, 6.07) is 22.7. The molecule has 0 aliphatic carbocycles. The third-order valence-electron chi connectivity index (χ3n) is 4.34. The van der Waals surface area contributed by atoms with Gasteiger partial charge in [0, 0.05) is 16.4 Å². The minimum Gasteiger partial charge on any atom is -0.346 e. The molecule has 2 aromatic carbocycles. The van der Waals surface area contributed by atoms with E-state index < -0.39 is 0 Å². The van der Waals surface area contributed by atoms with Gasteiger partial charge in [-0.2, -0.15) is 5.10 Å². The predicted octanol–water partition coefficient (Wildman–Crippen LogP) is 4.84. The first-order valence-electron chi connectivity index (χ1n) is 8.53. The summed E-state index contributed by atoms with van der Waals surface area (Å²) in [4.78, 5) is 6.83. The number of benzene rings is 2. The van der Waals surface area contributed by atoms with Crippen LogP contribution in [-0.4, -0.2) is 23.9 Å². The van der Waals surface area contributed by atoms with Crippen molar-refractivity contribution in [3.8, 4) is 0 Å². The first-order valence-corrected chi connectivity index (χ1v) is 9.32. The van der Waals surface area contributed by atoms with Gasteiger partial charge in [0.15, 0.2) is 0 Å². The number of hydrogen-bond donors (Lipinski definition) is 0. The Morgan fingerprint density at radius 1 is 0.962 bits per heavy atom. The van der Waals surface area contributed by atoms with Crippen molar-refractivity contribution in [3.05, 3.63) is 88.7 Å². The maximum Gasteiger partial charge on any atom is 0.113 e. The Morgan fingerprint density at radius 3 is 2.58 bits per heavy atom. The lowest BCUT2D eigenvalue weighted by atomic mass is 10.1. The molecule has 4 nitrogen and oxygen atoms in total. The molecule has 0 unspecified atom stereocenters. The van der Waals surface area contributed by atoms with Gasteiger partial charge < -0.3 is 4.90 Å². The molecular formula is C21H19BrN4. The fraction of sp³-hybridized carbons (Fsp3) is 0.143. The standard InChI is InChI=1S/C21H19BrN4/c1-16-7-6-8-17(13-16)25-14-20(19-10-4-5-12-23-19)24-26(15-25)21-11-3-2-9-18(21)22/h2-13H,14-15H2,1H3. The molecule has 0 atom stereocenters. The van der Waals surface area contributed by atoms with Crippen LogP contribution in [-0.2, 0) is 0 Å². The summed E-state index contributed by atoms with van der Waals surface area (Å²) < 4.78 is 1.02. The van der Waals surface area contributed by atoms with Crippen LogP contribution in [0.15, 0.2) is 82.5 Å². The van der Waals surface area contributed by atoms with E-state index >= 15 is 0 Å². The minimum atomic E-state index is 0.683. The van der Waals surface area contributed by atoms with Crippen molar-refractivity contribution in [1.82, 2.24) is 4.98 Å². The second kappa shape index (κ2) is 7.30. The molecule has 4 rings (SSSR count). The molecule has 1 aromatic heterocycles. The highest BCUT2D eigenvalue weighted by Crippen LogP contribution is 2.29. The van der Waals surface area contributed by atoms with Crippen LogP contribution in [0.25, 0.3) is 0 Å². The molecule has 1 aliphatic heterocycles. The summed E-state index contributed by atoms with van der Waals surface area (Å²) in [6.07, 6.45) is 1.81. The summed E-state index contributed by atoms with van der Waals surface area (Å²) >= 11 is 3.65. The van der Waals surface area contributed by atoms with Gasteiger partial charge in [0.25, 0.3) is 0 Å². The smallest absolute Gasteiger partial charge is 0.113 e. The first kappa shape index (κ1) is 16.8. The fourth-order valence-corrected chi connectivity index (χ4v) is 3.55. The number of aryl methyl sites for hydroxylation is 1. The largest absolute Gasteiger partial charge is 0.346 e. The van der Waals surface area contributed by atoms with Crippen molar-refractivity contribution >= 4 is 33.0 Å². The van der Waals surface area contributed by atoms with Gasteiger partial charge in [0.05, 0.1) is 17.9 Å². The number of hydrogen-bond acceptors (Lipinski definition) is 4. The van der Waals surface area contributed by atoms with Gasteiger partial charge in [0.2, 0.25) is 0 Å². The van der Waals surface area contributed by atoms with Gasteiger partial charge in [0.1, 0.15) is 12.4 Å². The number of para-hydroxylation sites is 1. The van der Waals surface area contributed by atoms with Crippen molar-refractivity contribution in [2.45, 2.75) is 6.92 Å². The van der Waals surface area contributed by atoms with Crippen LogP contribution in [0, 0.1) is 6.92 Å². The zero-order valence-electron chi connectivity index (χ0n) is 14.5. The zero-order chi connectivity index (χ0) is 17.9. The second-order valence-corrected chi connectivity index (χ2v) is 7.15. The molecule has 2 heterocycles. The molecule has 0 spiro atoms. The second-order valence-electron chi connectivity index (χ2n) is 6.29. The van der Waals surface area contributed by atoms with E-state index in [1.807, 2.05) is 47.6 Å². The zero-order valence-corrected chi connectivity index (χ0v) is 16.1. The maximum absolute atomic E-state index is 4.90. The highest BCUT2D eigenvalue weighted by molar-refractivity contribution is 9.10. The van der Waals surface area contributed by atoms with E-state index in [9.17, 15) is 0 Å². The average molecular weight is 407 g/mol. The molecule has 130 valence electrons. The summed E-state index contributed by atoms with van der Waals surface area (Å²) in [5.41, 5.74) is 5.33. The Balaban J connectivity index is 1.76. The monoisotopic (exact) mass is 406 g/mol. The first-order chi connectivity index (χ1) is 12.7. The lowest BCUT2D eigenvalue weighted by Crippen LogP contribution is -2.44. The number of rotatable bonds is 3. The summed E-state index contributed by atoms with van der Waals surface area (Å²) in [6.45, 7) is 3.52. The van der Waals surface area contributed by atoms with Crippen LogP contribution in [0.2, 0.25) is 0 Å². The highest BCUT2D eigenvalue weighted by atomic mass is 79.9. The van der Waals surface area contributed by atoms with Gasteiger partial charge in [-0.3, -0.25) is 4.98 Å². The molecule has 3 aromatic rings. The van der Waals surface area contributed by atoms with Crippen LogP contribution >= 0.6 is 15.9 Å². The topological polar surface area (TPSA) is 31.7 Å². The van der Waals surface area contributed by atoms with E-state index in [-0.39, 0.29) is 0 Å². The molecule has 0 saturated heterocycles. The fourth-order valence-electron chi connectivity index (χ4n) is 3.06. The molecule has 0 radical (unpaired) electrons. The molecule has 0 N–H and O–H groups in total. The quantitative estimate of drug-likeness (QED) is 0.623. The predicted molar refractivity (Wildman–Crippen MR) is 111 cm³/mol. The Morgan fingerprint density at radius 2 is 1.81 bits per heavy atom. The lowest BCUT2D eigenvalue weighted by molar-refractivity contribution is 0.754. The Kier molecular flexibility index (Phi) is 4.71. The third kappa shape index (κ3) is 3.48. The molecule has 0 bridgehead atoms. The summed E-state index contributed by atoms with van der Waals surface area (Å²) in [5.74, 6) is 0. The van der Waals surface area contributed by atoms with Gasteiger partial charge in [-0.15, -0.1) is 0 Å². The van der Waals surface area contributed by atoms with Crippen LogP contribution in [0.3, 0.4) is 0 Å².